The number of hydrogen-bond donors (Lipinski definition) is 1. The van der Waals surface area contributed by atoms with Crippen LogP contribution in [0.15, 0.2) is 59.8 Å². The number of benzene rings is 1. The number of nitrogens with zero attached hydrogens (tertiary/aromatic N) is 4. The number of ether oxygens (including phenoxy) is 1. The van der Waals surface area contributed by atoms with Crippen LogP contribution >= 0.6 is 0 Å². The number of carbonyl (C=O) groups excluding carboxylic acids is 1. The maximum atomic E-state index is 12.3. The lowest BCUT2D eigenvalue weighted by Gasteiger charge is -2.11. The molecule has 0 unspecified atom stereocenters. The molecule has 0 aliphatic carbocycles. The van der Waals surface area contributed by atoms with E-state index in [2.05, 4.69) is 15.3 Å². The lowest BCUT2D eigenvalue weighted by molar-refractivity contribution is -0.385. The molecule has 142 valence electrons. The van der Waals surface area contributed by atoms with Gasteiger partial charge >= 0.3 is 6.01 Å². The molecule has 0 aliphatic heterocycles. The standard InChI is InChI=1S/C18H15N5O5/c1-12-9-14(28-18-19-7-2-8-20-18)4-5-15(12)21-16(24)11-22-10-13(23(26)27)3-6-17(22)25/h2-10H,11H2,1H3,(H,21,24). The zero-order chi connectivity index (χ0) is 20.1. The van der Waals surface area contributed by atoms with Crippen LogP contribution in [0.1, 0.15) is 5.56 Å². The van der Waals surface area contributed by atoms with Gasteiger partial charge < -0.3 is 10.1 Å². The maximum Gasteiger partial charge on any atom is 0.321 e. The number of aromatic nitrogens is 3. The SMILES string of the molecule is Cc1cc(Oc2ncccn2)ccc1NC(=O)Cn1cc([N+](=O)[O-])ccc1=O. The number of anilines is 1. The zero-order valence-electron chi connectivity index (χ0n) is 14.7. The van der Waals surface area contributed by atoms with Crippen LogP contribution in [0, 0.1) is 17.0 Å². The van der Waals surface area contributed by atoms with Gasteiger partial charge in [0.2, 0.25) is 5.91 Å². The zero-order valence-corrected chi connectivity index (χ0v) is 14.7. The fraction of sp³-hybridized carbons (Fsp3) is 0.111. The fourth-order valence-corrected chi connectivity index (χ4v) is 2.38. The number of rotatable bonds is 6. The minimum absolute atomic E-state index is 0.198. The number of nitro groups is 1. The summed E-state index contributed by atoms with van der Waals surface area (Å²) in [5.74, 6) is 0.00219. The lowest BCUT2D eigenvalue weighted by Crippen LogP contribution is -2.27. The summed E-state index contributed by atoms with van der Waals surface area (Å²) in [7, 11) is 0. The van der Waals surface area contributed by atoms with E-state index in [0.29, 0.717) is 17.0 Å². The van der Waals surface area contributed by atoms with Gasteiger partial charge in [-0.2, -0.15) is 0 Å². The third kappa shape index (κ3) is 4.55. The molecule has 0 saturated carbocycles. The minimum Gasteiger partial charge on any atom is -0.424 e. The number of hydrogen-bond acceptors (Lipinski definition) is 7. The highest BCUT2D eigenvalue weighted by Gasteiger charge is 2.12. The molecule has 2 aromatic heterocycles. The first-order valence-electron chi connectivity index (χ1n) is 8.12. The predicted octanol–water partition coefficient (Wildman–Crippen LogP) is 2.29. The molecular formula is C18H15N5O5. The van der Waals surface area contributed by atoms with Crippen LogP contribution < -0.4 is 15.6 Å². The van der Waals surface area contributed by atoms with Crippen LogP contribution in [0.25, 0.3) is 0 Å². The maximum absolute atomic E-state index is 12.3. The molecule has 10 heteroatoms. The molecule has 1 aromatic carbocycles. The minimum atomic E-state index is -0.632. The quantitative estimate of drug-likeness (QED) is 0.512. The highest BCUT2D eigenvalue weighted by molar-refractivity contribution is 5.91. The Morgan fingerprint density at radius 2 is 2.00 bits per heavy atom. The van der Waals surface area contributed by atoms with E-state index in [1.165, 1.54) is 0 Å². The average Bonchev–Trinajstić information content (AvgIpc) is 2.66. The van der Waals surface area contributed by atoms with Crippen molar-refractivity contribution >= 4 is 17.3 Å². The first-order valence-corrected chi connectivity index (χ1v) is 8.12. The molecule has 0 atom stereocenters. The first-order chi connectivity index (χ1) is 13.4. The third-order valence-electron chi connectivity index (χ3n) is 3.72. The Labute approximate surface area is 158 Å². The monoisotopic (exact) mass is 381 g/mol. The average molecular weight is 381 g/mol. The van der Waals surface area contributed by atoms with Gasteiger partial charge in [0.05, 0.1) is 11.1 Å². The second-order valence-corrected chi connectivity index (χ2v) is 5.77. The van der Waals surface area contributed by atoms with Crippen LogP contribution in [0.3, 0.4) is 0 Å². The fourth-order valence-electron chi connectivity index (χ4n) is 2.38. The van der Waals surface area contributed by atoms with Crippen molar-refractivity contribution in [2.75, 3.05) is 5.32 Å². The summed E-state index contributed by atoms with van der Waals surface area (Å²) in [5.41, 5.74) is 0.454. The van der Waals surface area contributed by atoms with Gasteiger partial charge in [-0.15, -0.1) is 0 Å². The smallest absolute Gasteiger partial charge is 0.321 e. The molecule has 1 amide bonds. The normalized spacial score (nSPS) is 10.3. The molecule has 3 rings (SSSR count). The largest absolute Gasteiger partial charge is 0.424 e. The molecule has 0 radical (unpaired) electrons. The van der Waals surface area contributed by atoms with E-state index in [9.17, 15) is 19.7 Å². The van der Waals surface area contributed by atoms with Gasteiger partial charge in [-0.1, -0.05) is 0 Å². The molecule has 0 aliphatic rings. The summed E-state index contributed by atoms with van der Waals surface area (Å²) < 4.78 is 6.50. The van der Waals surface area contributed by atoms with Crippen LogP contribution in [0.5, 0.6) is 11.8 Å². The summed E-state index contributed by atoms with van der Waals surface area (Å²) >= 11 is 0. The Hall–Kier alpha value is -4.08. The van der Waals surface area contributed by atoms with Gasteiger partial charge in [-0.3, -0.25) is 24.3 Å². The van der Waals surface area contributed by atoms with Crippen molar-refractivity contribution in [3.8, 4) is 11.8 Å². The summed E-state index contributed by atoms with van der Waals surface area (Å²) in [5, 5.41) is 13.5. The van der Waals surface area contributed by atoms with Gasteiger partial charge in [0.1, 0.15) is 12.3 Å². The van der Waals surface area contributed by atoms with Crippen molar-refractivity contribution in [2.45, 2.75) is 13.5 Å². The van der Waals surface area contributed by atoms with Crippen LogP contribution in [0.4, 0.5) is 11.4 Å². The van der Waals surface area contributed by atoms with E-state index in [4.69, 9.17) is 4.74 Å². The van der Waals surface area contributed by atoms with E-state index in [1.807, 2.05) is 0 Å². The number of pyridine rings is 1. The lowest BCUT2D eigenvalue weighted by atomic mass is 10.2. The van der Waals surface area contributed by atoms with Gasteiger partial charge in [-0.05, 0) is 36.8 Å². The van der Waals surface area contributed by atoms with E-state index >= 15 is 0 Å². The van der Waals surface area contributed by atoms with Crippen molar-refractivity contribution in [3.63, 3.8) is 0 Å². The van der Waals surface area contributed by atoms with Crippen molar-refractivity contribution in [2.24, 2.45) is 0 Å². The molecular weight excluding hydrogens is 366 g/mol. The Morgan fingerprint density at radius 1 is 1.25 bits per heavy atom. The Morgan fingerprint density at radius 3 is 2.68 bits per heavy atom. The molecule has 0 saturated heterocycles. The predicted molar refractivity (Wildman–Crippen MR) is 99.3 cm³/mol. The second kappa shape index (κ2) is 8.08. The van der Waals surface area contributed by atoms with E-state index in [1.54, 1.807) is 43.6 Å². The molecule has 28 heavy (non-hydrogen) atoms. The number of nitrogens with one attached hydrogen (secondary N) is 1. The third-order valence-corrected chi connectivity index (χ3v) is 3.72. The van der Waals surface area contributed by atoms with Crippen LogP contribution in [-0.2, 0) is 11.3 Å². The number of carbonyl (C=O) groups is 1. The molecule has 0 fully saturated rings. The van der Waals surface area contributed by atoms with Crippen LogP contribution in [0.2, 0.25) is 0 Å². The molecule has 1 N–H and O–H groups in total. The Balaban J connectivity index is 1.70. The van der Waals surface area contributed by atoms with Gasteiger partial charge in [0, 0.05) is 30.2 Å². The number of aryl methyl sites for hydroxylation is 1. The van der Waals surface area contributed by atoms with Gasteiger partial charge in [0.15, 0.2) is 0 Å². The molecule has 3 aromatic rings. The summed E-state index contributed by atoms with van der Waals surface area (Å²) in [4.78, 5) is 42.2. The molecule has 2 heterocycles. The summed E-state index contributed by atoms with van der Waals surface area (Å²) in [6.07, 6.45) is 4.14. The Bertz CT molecular complexity index is 1080. The number of amides is 1. The Kier molecular flexibility index (Phi) is 5.40. The molecule has 0 bridgehead atoms. The first kappa shape index (κ1) is 18.7. The summed E-state index contributed by atoms with van der Waals surface area (Å²) in [6.45, 7) is 1.42. The summed E-state index contributed by atoms with van der Waals surface area (Å²) in [6, 6.07) is 8.99. The van der Waals surface area contributed by atoms with E-state index in [-0.39, 0.29) is 18.2 Å². The van der Waals surface area contributed by atoms with Crippen molar-refractivity contribution in [3.05, 3.63) is 81.0 Å². The van der Waals surface area contributed by atoms with Crippen molar-refractivity contribution in [1.29, 1.82) is 0 Å². The topological polar surface area (TPSA) is 129 Å². The highest BCUT2D eigenvalue weighted by atomic mass is 16.6. The van der Waals surface area contributed by atoms with Crippen molar-refractivity contribution in [1.82, 2.24) is 14.5 Å². The molecule has 10 nitrogen and oxygen atoms in total. The molecule has 0 spiro atoms. The van der Waals surface area contributed by atoms with Crippen LogP contribution in [-0.4, -0.2) is 25.4 Å². The second-order valence-electron chi connectivity index (χ2n) is 5.77. The highest BCUT2D eigenvalue weighted by Crippen LogP contribution is 2.24. The van der Waals surface area contributed by atoms with E-state index < -0.39 is 16.4 Å². The van der Waals surface area contributed by atoms with E-state index in [0.717, 1.165) is 22.9 Å². The van der Waals surface area contributed by atoms with Gasteiger partial charge in [-0.25, -0.2) is 9.97 Å². The van der Waals surface area contributed by atoms with Gasteiger partial charge in [0.25, 0.3) is 11.2 Å². The van der Waals surface area contributed by atoms with Crippen molar-refractivity contribution < 1.29 is 14.5 Å².